The molecule has 0 saturated carbocycles. The molecule has 0 bridgehead atoms. The van der Waals surface area contributed by atoms with Crippen molar-refractivity contribution in [1.29, 1.82) is 0 Å². The van der Waals surface area contributed by atoms with Gasteiger partial charge < -0.3 is 19.7 Å². The second kappa shape index (κ2) is 6.60. The summed E-state index contributed by atoms with van der Waals surface area (Å²) in [6, 6.07) is 0. The summed E-state index contributed by atoms with van der Waals surface area (Å²) < 4.78 is 9.82. The zero-order valence-electron chi connectivity index (χ0n) is 15.3. The number of carbonyl (C=O) groups is 4. The Labute approximate surface area is 141 Å². The standard InChI is InChI=1S/C16H26O8/c1-9(17)15(21,11(19)23-13(3,4)5)16(22,10(2)18)12(20)24-14(6,7)8/h21-22H,1-8H3/t15-,16-/m0/s1. The summed E-state index contributed by atoms with van der Waals surface area (Å²) in [5, 5.41) is 21.2. The van der Waals surface area contributed by atoms with E-state index in [0.717, 1.165) is 13.8 Å². The van der Waals surface area contributed by atoms with Crippen molar-refractivity contribution in [1.82, 2.24) is 0 Å². The molecule has 2 N–H and O–H groups in total. The molecule has 2 atom stereocenters. The van der Waals surface area contributed by atoms with E-state index in [-0.39, 0.29) is 0 Å². The highest BCUT2D eigenvalue weighted by Crippen LogP contribution is 2.31. The molecule has 24 heavy (non-hydrogen) atoms. The summed E-state index contributed by atoms with van der Waals surface area (Å²) >= 11 is 0. The molecule has 8 heteroatoms. The van der Waals surface area contributed by atoms with Crippen LogP contribution in [0.15, 0.2) is 0 Å². The number of aliphatic hydroxyl groups is 2. The Morgan fingerprint density at radius 2 is 0.833 bits per heavy atom. The van der Waals surface area contributed by atoms with Crippen LogP contribution in [0, 0.1) is 0 Å². The first kappa shape index (κ1) is 22.2. The highest BCUT2D eigenvalue weighted by molar-refractivity contribution is 6.21. The van der Waals surface area contributed by atoms with Crippen LogP contribution in [0.2, 0.25) is 0 Å². The smallest absolute Gasteiger partial charge is 0.350 e. The van der Waals surface area contributed by atoms with Gasteiger partial charge in [-0.1, -0.05) is 0 Å². The van der Waals surface area contributed by atoms with E-state index >= 15 is 0 Å². The van der Waals surface area contributed by atoms with Gasteiger partial charge in [-0.15, -0.1) is 0 Å². The molecule has 0 radical (unpaired) electrons. The minimum atomic E-state index is -3.44. The van der Waals surface area contributed by atoms with Gasteiger partial charge in [-0.25, -0.2) is 9.59 Å². The highest BCUT2D eigenvalue weighted by Gasteiger charge is 2.69. The molecule has 0 amide bonds. The Morgan fingerprint density at radius 1 is 0.625 bits per heavy atom. The Balaban J connectivity index is 6.30. The average Bonchev–Trinajstić information content (AvgIpc) is 2.31. The van der Waals surface area contributed by atoms with Gasteiger partial charge in [-0.2, -0.15) is 0 Å². The summed E-state index contributed by atoms with van der Waals surface area (Å²) in [5.74, 6) is -5.90. The van der Waals surface area contributed by atoms with E-state index in [2.05, 4.69) is 0 Å². The second-order valence-electron chi connectivity index (χ2n) is 7.54. The first-order valence-corrected chi connectivity index (χ1v) is 7.33. The van der Waals surface area contributed by atoms with Gasteiger partial charge >= 0.3 is 11.9 Å². The molecule has 8 nitrogen and oxygen atoms in total. The monoisotopic (exact) mass is 346 g/mol. The third kappa shape index (κ3) is 4.39. The average molecular weight is 346 g/mol. The van der Waals surface area contributed by atoms with Gasteiger partial charge in [0.2, 0.25) is 0 Å². The van der Waals surface area contributed by atoms with Crippen LogP contribution in [0.1, 0.15) is 55.4 Å². The summed E-state index contributed by atoms with van der Waals surface area (Å²) in [6.07, 6.45) is 0. The van der Waals surface area contributed by atoms with Crippen LogP contribution in [-0.2, 0) is 28.7 Å². The summed E-state index contributed by atoms with van der Waals surface area (Å²) in [5.41, 5.74) is -9.17. The predicted molar refractivity (Wildman–Crippen MR) is 83.0 cm³/mol. The molecule has 0 aromatic rings. The minimum absolute atomic E-state index is 0.752. The molecule has 0 rings (SSSR count). The quantitative estimate of drug-likeness (QED) is 0.538. The lowest BCUT2D eigenvalue weighted by molar-refractivity contribution is -0.220. The first-order valence-electron chi connectivity index (χ1n) is 7.33. The molecule has 0 aliphatic rings. The Kier molecular flexibility index (Phi) is 6.11. The van der Waals surface area contributed by atoms with Crippen molar-refractivity contribution in [3.63, 3.8) is 0 Å². The fourth-order valence-electron chi connectivity index (χ4n) is 1.80. The van der Waals surface area contributed by atoms with E-state index < -0.39 is 45.9 Å². The Hall–Kier alpha value is -1.80. The minimum Gasteiger partial charge on any atom is -0.457 e. The number of hydrogen-bond acceptors (Lipinski definition) is 8. The Bertz CT molecular complexity index is 501. The molecule has 0 aromatic carbocycles. The molecule has 0 fully saturated rings. The molecular formula is C16H26O8. The van der Waals surface area contributed by atoms with Crippen LogP contribution in [-0.4, -0.2) is 56.1 Å². The lowest BCUT2D eigenvalue weighted by atomic mass is 9.76. The SMILES string of the molecule is CC(=O)[C@](O)(C(=O)OC(C)(C)C)[C@](O)(C(C)=O)C(=O)OC(C)(C)C. The molecule has 0 unspecified atom stereocenters. The van der Waals surface area contributed by atoms with Gasteiger partial charge in [0, 0.05) is 0 Å². The lowest BCUT2D eigenvalue weighted by Gasteiger charge is -2.38. The molecule has 0 aromatic heterocycles. The summed E-state index contributed by atoms with van der Waals surface area (Å²) in [4.78, 5) is 48.5. The van der Waals surface area contributed by atoms with Crippen molar-refractivity contribution in [2.75, 3.05) is 0 Å². The van der Waals surface area contributed by atoms with Crippen LogP contribution < -0.4 is 0 Å². The molecular weight excluding hydrogens is 320 g/mol. The van der Waals surface area contributed by atoms with Crippen LogP contribution in [0.4, 0.5) is 0 Å². The van der Waals surface area contributed by atoms with Crippen molar-refractivity contribution in [3.05, 3.63) is 0 Å². The third-order valence-corrected chi connectivity index (χ3v) is 2.93. The number of ether oxygens (including phenoxy) is 2. The fraction of sp³-hybridized carbons (Fsp3) is 0.750. The lowest BCUT2D eigenvalue weighted by Crippen LogP contribution is -2.72. The van der Waals surface area contributed by atoms with Crippen LogP contribution in [0.25, 0.3) is 0 Å². The summed E-state index contributed by atoms with van der Waals surface area (Å²) in [7, 11) is 0. The van der Waals surface area contributed by atoms with E-state index in [1.54, 1.807) is 0 Å². The number of ketones is 2. The van der Waals surface area contributed by atoms with Gasteiger partial charge in [0.1, 0.15) is 11.2 Å². The van der Waals surface area contributed by atoms with E-state index in [9.17, 15) is 29.4 Å². The summed E-state index contributed by atoms with van der Waals surface area (Å²) in [6.45, 7) is 10.2. The van der Waals surface area contributed by atoms with E-state index in [1.165, 1.54) is 41.5 Å². The van der Waals surface area contributed by atoms with Gasteiger partial charge in [-0.3, -0.25) is 9.59 Å². The first-order chi connectivity index (χ1) is 10.4. The molecule has 0 aliphatic heterocycles. The predicted octanol–water partition coefficient (Wildman–Crippen LogP) is 0.310. The Morgan fingerprint density at radius 3 is 0.958 bits per heavy atom. The van der Waals surface area contributed by atoms with Crippen LogP contribution in [0.3, 0.4) is 0 Å². The van der Waals surface area contributed by atoms with Crippen molar-refractivity contribution < 1.29 is 38.9 Å². The number of Topliss-reactive ketones (excluding diaryl/α,β-unsaturated/α-hetero) is 2. The topological polar surface area (TPSA) is 127 Å². The maximum Gasteiger partial charge on any atom is 0.350 e. The number of hydrogen-bond donors (Lipinski definition) is 2. The van der Waals surface area contributed by atoms with E-state index in [1.807, 2.05) is 0 Å². The van der Waals surface area contributed by atoms with Crippen molar-refractivity contribution in [3.8, 4) is 0 Å². The molecule has 0 saturated heterocycles. The van der Waals surface area contributed by atoms with Crippen LogP contribution in [0.5, 0.6) is 0 Å². The third-order valence-electron chi connectivity index (χ3n) is 2.93. The fourth-order valence-corrected chi connectivity index (χ4v) is 1.80. The van der Waals surface area contributed by atoms with Gasteiger partial charge in [0.15, 0.2) is 11.6 Å². The van der Waals surface area contributed by atoms with Crippen molar-refractivity contribution in [2.45, 2.75) is 77.8 Å². The van der Waals surface area contributed by atoms with Gasteiger partial charge in [-0.05, 0) is 55.4 Å². The molecule has 0 spiro atoms. The highest BCUT2D eigenvalue weighted by atomic mass is 16.6. The zero-order chi connectivity index (χ0) is 19.7. The maximum atomic E-state index is 12.3. The van der Waals surface area contributed by atoms with E-state index in [4.69, 9.17) is 9.47 Å². The van der Waals surface area contributed by atoms with Crippen LogP contribution >= 0.6 is 0 Å². The van der Waals surface area contributed by atoms with Gasteiger partial charge in [0.25, 0.3) is 11.2 Å². The van der Waals surface area contributed by atoms with E-state index in [0.29, 0.717) is 0 Å². The normalized spacial score (nSPS) is 17.2. The molecule has 0 aliphatic carbocycles. The number of esters is 2. The number of carbonyl (C=O) groups excluding carboxylic acids is 4. The maximum absolute atomic E-state index is 12.3. The second-order valence-corrected chi connectivity index (χ2v) is 7.54. The largest absolute Gasteiger partial charge is 0.457 e. The van der Waals surface area contributed by atoms with Crippen molar-refractivity contribution >= 4 is 23.5 Å². The zero-order valence-corrected chi connectivity index (χ0v) is 15.3. The molecule has 138 valence electrons. The number of rotatable bonds is 5. The molecule has 0 heterocycles. The van der Waals surface area contributed by atoms with Crippen molar-refractivity contribution in [2.24, 2.45) is 0 Å². The van der Waals surface area contributed by atoms with Gasteiger partial charge in [0.05, 0.1) is 0 Å².